The van der Waals surface area contributed by atoms with Crippen molar-refractivity contribution in [2.75, 3.05) is 13.2 Å². The monoisotopic (exact) mass is 460 g/mol. The fourth-order valence-corrected chi connectivity index (χ4v) is 4.07. The number of hydrogen-bond donors (Lipinski definition) is 2. The van der Waals surface area contributed by atoms with Gasteiger partial charge in [0.25, 0.3) is 5.91 Å². The Kier molecular flexibility index (Phi) is 6.11. The fourth-order valence-electron chi connectivity index (χ4n) is 4.07. The topological polar surface area (TPSA) is 91.3 Å². The van der Waals surface area contributed by atoms with E-state index < -0.39 is 17.3 Å². The molecule has 1 fully saturated rings. The number of likely N-dealkylation sites (tertiary alicyclic amines) is 1. The summed E-state index contributed by atoms with van der Waals surface area (Å²) in [5, 5.41) is 16.7. The van der Waals surface area contributed by atoms with Gasteiger partial charge in [0.05, 0.1) is 23.4 Å². The number of halogens is 3. The van der Waals surface area contributed by atoms with Gasteiger partial charge >= 0.3 is 6.18 Å². The van der Waals surface area contributed by atoms with Crippen molar-refractivity contribution in [1.29, 1.82) is 0 Å². The fraction of sp³-hybridized carbons (Fsp3) is 0.348. The van der Waals surface area contributed by atoms with Gasteiger partial charge in [0, 0.05) is 24.4 Å². The van der Waals surface area contributed by atoms with Gasteiger partial charge in [0.15, 0.2) is 5.69 Å². The Hall–Kier alpha value is -3.40. The maximum absolute atomic E-state index is 13.5. The molecule has 1 atom stereocenters. The van der Waals surface area contributed by atoms with E-state index in [0.717, 1.165) is 24.2 Å². The van der Waals surface area contributed by atoms with Crippen LogP contribution in [0.25, 0.3) is 11.1 Å². The number of aromatic amines is 1. The summed E-state index contributed by atoms with van der Waals surface area (Å²) in [4.78, 5) is 18.9. The molecule has 4 rings (SSSR count). The van der Waals surface area contributed by atoms with Crippen LogP contribution in [0, 0.1) is 0 Å². The van der Waals surface area contributed by atoms with Crippen LogP contribution in [0.4, 0.5) is 13.2 Å². The molecule has 3 heterocycles. The molecule has 1 aromatic carbocycles. The predicted molar refractivity (Wildman–Crippen MR) is 113 cm³/mol. The number of benzene rings is 1. The third-order valence-corrected chi connectivity index (χ3v) is 5.85. The van der Waals surface area contributed by atoms with Crippen LogP contribution in [-0.2, 0) is 12.8 Å². The van der Waals surface area contributed by atoms with E-state index in [-0.39, 0.29) is 30.7 Å². The van der Waals surface area contributed by atoms with Crippen molar-refractivity contribution in [3.8, 4) is 17.0 Å². The summed E-state index contributed by atoms with van der Waals surface area (Å²) in [6.07, 6.45) is -2.36. The summed E-state index contributed by atoms with van der Waals surface area (Å²) in [6.45, 7) is 2.11. The van der Waals surface area contributed by atoms with Gasteiger partial charge in [-0.2, -0.15) is 18.3 Å². The maximum atomic E-state index is 13.5. The van der Waals surface area contributed by atoms with Crippen molar-refractivity contribution >= 4 is 5.91 Å². The van der Waals surface area contributed by atoms with E-state index in [9.17, 15) is 23.1 Å². The Labute approximate surface area is 188 Å². The Morgan fingerprint density at radius 3 is 2.64 bits per heavy atom. The molecule has 2 N–H and O–H groups in total. The molecule has 0 unspecified atom stereocenters. The number of nitrogens with zero attached hydrogens (tertiary/aromatic N) is 3. The molecule has 2 aromatic heterocycles. The summed E-state index contributed by atoms with van der Waals surface area (Å²) in [6, 6.07) is 11.3. The summed E-state index contributed by atoms with van der Waals surface area (Å²) < 4.78 is 43.9. The first-order valence-corrected chi connectivity index (χ1v) is 10.4. The number of hydrogen-bond acceptors (Lipinski definition) is 5. The number of alkyl halides is 3. The number of aliphatic hydroxyl groups is 1. The smallest absolute Gasteiger partial charge is 0.417 e. The number of rotatable bonds is 6. The zero-order chi connectivity index (χ0) is 23.6. The zero-order valence-electron chi connectivity index (χ0n) is 17.9. The van der Waals surface area contributed by atoms with Crippen molar-refractivity contribution in [1.82, 2.24) is 20.1 Å². The Bertz CT molecular complexity index is 1120. The van der Waals surface area contributed by atoms with Crippen molar-refractivity contribution in [3.05, 3.63) is 65.6 Å². The van der Waals surface area contributed by atoms with E-state index in [1.54, 1.807) is 4.90 Å². The molecule has 7 nitrogen and oxygen atoms in total. The van der Waals surface area contributed by atoms with Gasteiger partial charge in [-0.15, -0.1) is 0 Å². The van der Waals surface area contributed by atoms with Crippen LogP contribution in [0.1, 0.15) is 41.5 Å². The average molecular weight is 460 g/mol. The van der Waals surface area contributed by atoms with Gasteiger partial charge < -0.3 is 14.7 Å². The van der Waals surface area contributed by atoms with E-state index in [4.69, 9.17) is 4.74 Å². The van der Waals surface area contributed by atoms with E-state index in [1.165, 1.54) is 6.07 Å². The van der Waals surface area contributed by atoms with Gasteiger partial charge in [-0.3, -0.25) is 9.89 Å². The molecule has 1 amide bonds. The van der Waals surface area contributed by atoms with Crippen LogP contribution >= 0.6 is 0 Å². The first-order chi connectivity index (χ1) is 15.7. The van der Waals surface area contributed by atoms with Crippen molar-refractivity contribution in [2.24, 2.45) is 0 Å². The van der Waals surface area contributed by atoms with Gasteiger partial charge in [-0.05, 0) is 31.4 Å². The second kappa shape index (κ2) is 8.86. The van der Waals surface area contributed by atoms with E-state index in [1.807, 2.05) is 37.3 Å². The normalized spacial score (nSPS) is 18.5. The third-order valence-electron chi connectivity index (χ3n) is 5.85. The Morgan fingerprint density at radius 1 is 1.24 bits per heavy atom. The number of nitrogens with one attached hydrogen (secondary N) is 1. The van der Waals surface area contributed by atoms with E-state index in [2.05, 4.69) is 15.2 Å². The van der Waals surface area contributed by atoms with Crippen LogP contribution in [0.3, 0.4) is 0 Å². The molecule has 0 saturated carbocycles. The van der Waals surface area contributed by atoms with Crippen molar-refractivity contribution in [3.63, 3.8) is 0 Å². The quantitative estimate of drug-likeness (QED) is 0.579. The van der Waals surface area contributed by atoms with Crippen molar-refractivity contribution in [2.45, 2.75) is 38.1 Å². The highest BCUT2D eigenvalue weighted by Gasteiger charge is 2.42. The van der Waals surface area contributed by atoms with Crippen LogP contribution in [-0.4, -0.2) is 49.8 Å². The second-order valence-electron chi connectivity index (χ2n) is 8.18. The minimum atomic E-state index is -4.47. The molecule has 0 bridgehead atoms. The lowest BCUT2D eigenvalue weighted by molar-refractivity contribution is -0.137. The highest BCUT2D eigenvalue weighted by molar-refractivity contribution is 6.00. The van der Waals surface area contributed by atoms with Crippen LogP contribution < -0.4 is 4.74 Å². The number of carbonyl (C=O) groups is 1. The minimum absolute atomic E-state index is 0.0517. The lowest BCUT2D eigenvalue weighted by atomic mass is 9.98. The molecule has 1 aliphatic rings. The van der Waals surface area contributed by atoms with Gasteiger partial charge in [-0.1, -0.05) is 30.3 Å². The van der Waals surface area contributed by atoms with Gasteiger partial charge in [-0.25, -0.2) is 4.98 Å². The maximum Gasteiger partial charge on any atom is 0.417 e. The Morgan fingerprint density at radius 2 is 2.00 bits per heavy atom. The molecule has 33 heavy (non-hydrogen) atoms. The van der Waals surface area contributed by atoms with E-state index in [0.29, 0.717) is 24.2 Å². The number of H-pyrrole nitrogens is 1. The number of aliphatic hydroxyl groups excluding tert-OH is 1. The number of ether oxygens (including phenoxy) is 1. The third kappa shape index (κ3) is 4.56. The molecular weight excluding hydrogens is 437 g/mol. The van der Waals surface area contributed by atoms with Gasteiger partial charge in [0.1, 0.15) is 6.61 Å². The molecular formula is C23H23F3N4O3. The molecule has 0 aliphatic carbocycles. The standard InChI is InChI=1S/C23H23F3N4O3/c1-22(14-33-18-9-8-16(12-27-18)23(24,25)26)10-5-11-30(22)21(32)20-19(17(13-31)28-29-20)15-6-3-2-4-7-15/h2-4,6-9,12,31H,5,10-11,13-14H2,1H3,(H,28,29)/t22-/m0/s1. The predicted octanol–water partition coefficient (Wildman–Crippen LogP) is 4.06. The molecule has 1 saturated heterocycles. The average Bonchev–Trinajstić information content (AvgIpc) is 3.41. The first kappa shape index (κ1) is 22.8. The lowest BCUT2D eigenvalue weighted by Gasteiger charge is -2.34. The van der Waals surface area contributed by atoms with Crippen LogP contribution in [0.2, 0.25) is 0 Å². The highest BCUT2D eigenvalue weighted by atomic mass is 19.4. The van der Waals surface area contributed by atoms with E-state index >= 15 is 0 Å². The molecule has 1 aliphatic heterocycles. The summed E-state index contributed by atoms with van der Waals surface area (Å²) in [5.74, 6) is -0.260. The minimum Gasteiger partial charge on any atom is -0.475 e. The zero-order valence-corrected chi connectivity index (χ0v) is 17.9. The van der Waals surface area contributed by atoms with Crippen LogP contribution in [0.5, 0.6) is 5.88 Å². The largest absolute Gasteiger partial charge is 0.475 e. The molecule has 0 spiro atoms. The number of pyridine rings is 1. The van der Waals surface area contributed by atoms with Gasteiger partial charge in [0.2, 0.25) is 5.88 Å². The molecule has 174 valence electrons. The summed E-state index contributed by atoms with van der Waals surface area (Å²) in [5.41, 5.74) is 0.382. The van der Waals surface area contributed by atoms with Crippen LogP contribution in [0.15, 0.2) is 48.7 Å². The molecule has 3 aromatic rings. The molecule has 10 heteroatoms. The lowest BCUT2D eigenvalue weighted by Crippen LogP contribution is -2.49. The van der Waals surface area contributed by atoms with Crippen molar-refractivity contribution < 1.29 is 27.8 Å². The summed E-state index contributed by atoms with van der Waals surface area (Å²) in [7, 11) is 0. The highest BCUT2D eigenvalue weighted by Crippen LogP contribution is 2.34. The number of amides is 1. The first-order valence-electron chi connectivity index (χ1n) is 10.4. The number of aromatic nitrogens is 3. The second-order valence-corrected chi connectivity index (χ2v) is 8.18. The Balaban J connectivity index is 1.55. The number of carbonyl (C=O) groups excluding carboxylic acids is 1. The SMILES string of the molecule is C[C@@]1(COc2ccc(C(F)(F)F)cn2)CCCN1C(=O)c1n[nH]c(CO)c1-c1ccccc1. The molecule has 0 radical (unpaired) electrons. The summed E-state index contributed by atoms with van der Waals surface area (Å²) >= 11 is 0.